The van der Waals surface area contributed by atoms with Crippen LogP contribution in [-0.4, -0.2) is 17.2 Å². The third-order valence-electron chi connectivity index (χ3n) is 4.01. The number of rotatable bonds is 4. The third kappa shape index (κ3) is 2.85. The van der Waals surface area contributed by atoms with Crippen molar-refractivity contribution in [1.82, 2.24) is 4.98 Å². The van der Waals surface area contributed by atoms with Crippen molar-refractivity contribution in [2.45, 2.75) is 19.8 Å². The van der Waals surface area contributed by atoms with Gasteiger partial charge < -0.3 is 14.8 Å². The van der Waals surface area contributed by atoms with Gasteiger partial charge in [0.25, 0.3) is 5.56 Å². The molecule has 0 aliphatic carbocycles. The van der Waals surface area contributed by atoms with Gasteiger partial charge in [-0.1, -0.05) is 37.1 Å². The van der Waals surface area contributed by atoms with E-state index in [0.29, 0.717) is 27.2 Å². The van der Waals surface area contributed by atoms with Crippen LogP contribution in [0.5, 0.6) is 11.5 Å². The highest BCUT2D eigenvalue weighted by atomic mass is 35.5. The lowest BCUT2D eigenvalue weighted by molar-refractivity contribution is 0.415. The molecule has 0 saturated heterocycles. The topological polar surface area (TPSA) is 62.3 Å². The molecule has 24 heavy (non-hydrogen) atoms. The van der Waals surface area contributed by atoms with Crippen LogP contribution in [0, 0.1) is 0 Å². The van der Waals surface area contributed by atoms with Crippen molar-refractivity contribution in [2.75, 3.05) is 7.11 Å². The quantitative estimate of drug-likeness (QED) is 0.733. The van der Waals surface area contributed by atoms with Gasteiger partial charge in [-0.15, -0.1) is 0 Å². The van der Waals surface area contributed by atoms with E-state index in [1.807, 2.05) is 6.07 Å². The number of aromatic nitrogens is 1. The average Bonchev–Trinajstić information content (AvgIpc) is 2.54. The van der Waals surface area contributed by atoms with Gasteiger partial charge in [0.15, 0.2) is 0 Å². The Hall–Kier alpha value is -2.46. The molecule has 3 rings (SSSR count). The van der Waals surface area contributed by atoms with Crippen molar-refractivity contribution in [1.29, 1.82) is 0 Å². The minimum Gasteiger partial charge on any atom is -0.506 e. The van der Waals surface area contributed by atoms with E-state index in [2.05, 4.69) is 11.9 Å². The van der Waals surface area contributed by atoms with E-state index >= 15 is 0 Å². The lowest BCUT2D eigenvalue weighted by atomic mass is 9.98. The molecule has 124 valence electrons. The first kappa shape index (κ1) is 16.4. The third-order valence-corrected chi connectivity index (χ3v) is 4.23. The molecule has 0 aliphatic rings. The molecule has 0 aliphatic heterocycles. The molecule has 0 radical (unpaired) electrons. The second-order valence-corrected chi connectivity index (χ2v) is 6.08. The number of aryl methyl sites for hydroxylation is 1. The van der Waals surface area contributed by atoms with E-state index in [0.717, 1.165) is 18.4 Å². The Bertz CT molecular complexity index is 963. The number of halogens is 1. The first-order valence-electron chi connectivity index (χ1n) is 7.77. The molecule has 0 saturated carbocycles. The number of H-pyrrole nitrogens is 1. The molecule has 2 aromatic carbocycles. The van der Waals surface area contributed by atoms with Crippen molar-refractivity contribution in [3.8, 4) is 22.6 Å². The van der Waals surface area contributed by atoms with Gasteiger partial charge in [0, 0.05) is 10.4 Å². The van der Waals surface area contributed by atoms with Gasteiger partial charge in [-0.3, -0.25) is 4.79 Å². The maximum Gasteiger partial charge on any atom is 0.260 e. The average molecular weight is 343 g/mol. The van der Waals surface area contributed by atoms with Crippen LogP contribution in [-0.2, 0) is 6.42 Å². The van der Waals surface area contributed by atoms with Crippen LogP contribution in [0.15, 0.2) is 41.2 Å². The normalized spacial score (nSPS) is 11.0. The highest BCUT2D eigenvalue weighted by molar-refractivity contribution is 6.31. The number of nitrogens with one attached hydrogen (secondary N) is 1. The lowest BCUT2D eigenvalue weighted by Crippen LogP contribution is -2.10. The summed E-state index contributed by atoms with van der Waals surface area (Å²) in [7, 11) is 1.56. The first-order chi connectivity index (χ1) is 11.5. The lowest BCUT2D eigenvalue weighted by Gasteiger charge is -2.12. The van der Waals surface area contributed by atoms with Crippen LogP contribution in [0.25, 0.3) is 22.0 Å². The molecule has 0 unspecified atom stereocenters. The number of methoxy groups -OCH3 is 1. The van der Waals surface area contributed by atoms with Gasteiger partial charge in [0.1, 0.15) is 11.5 Å². The predicted molar refractivity (Wildman–Crippen MR) is 97.2 cm³/mol. The Morgan fingerprint density at radius 1 is 1.25 bits per heavy atom. The molecule has 5 heteroatoms. The van der Waals surface area contributed by atoms with Crippen LogP contribution < -0.4 is 10.3 Å². The number of ether oxygens (including phenoxy) is 1. The summed E-state index contributed by atoms with van der Waals surface area (Å²) in [6.45, 7) is 2.05. The van der Waals surface area contributed by atoms with E-state index < -0.39 is 0 Å². The number of aromatic hydroxyl groups is 1. The van der Waals surface area contributed by atoms with E-state index in [4.69, 9.17) is 16.3 Å². The Morgan fingerprint density at radius 3 is 2.75 bits per heavy atom. The zero-order valence-corrected chi connectivity index (χ0v) is 14.3. The summed E-state index contributed by atoms with van der Waals surface area (Å²) >= 11 is 6.14. The fourth-order valence-corrected chi connectivity index (χ4v) is 3.21. The van der Waals surface area contributed by atoms with E-state index in [9.17, 15) is 9.90 Å². The van der Waals surface area contributed by atoms with Crippen molar-refractivity contribution >= 4 is 22.5 Å². The summed E-state index contributed by atoms with van der Waals surface area (Å²) < 4.78 is 5.21. The predicted octanol–water partition coefficient (Wildman–Crippen LogP) is 4.52. The van der Waals surface area contributed by atoms with Gasteiger partial charge in [0.2, 0.25) is 0 Å². The zero-order valence-electron chi connectivity index (χ0n) is 13.5. The SMILES string of the molecule is CCCc1cc(Cl)cc2[nH]c(=O)c(-c3cccc(O[11CH3])c3)c(O)c12. The summed E-state index contributed by atoms with van der Waals surface area (Å²) in [6, 6.07) is 10.6. The monoisotopic (exact) mass is 342 g/mol. The van der Waals surface area contributed by atoms with Crippen molar-refractivity contribution < 1.29 is 9.84 Å². The summed E-state index contributed by atoms with van der Waals surface area (Å²) in [5.74, 6) is 0.596. The Labute approximate surface area is 144 Å². The molecule has 2 N–H and O–H groups in total. The summed E-state index contributed by atoms with van der Waals surface area (Å²) in [5.41, 5.74) is 1.93. The van der Waals surface area contributed by atoms with Crippen LogP contribution in [0.3, 0.4) is 0 Å². The molecule has 0 spiro atoms. The number of benzene rings is 2. The summed E-state index contributed by atoms with van der Waals surface area (Å²) in [6.07, 6.45) is 1.66. The van der Waals surface area contributed by atoms with Gasteiger partial charge >= 0.3 is 0 Å². The Kier molecular flexibility index (Phi) is 4.49. The molecular formula is C19H18ClNO3. The molecule has 0 amide bonds. The van der Waals surface area contributed by atoms with E-state index in [1.54, 1.807) is 37.4 Å². The van der Waals surface area contributed by atoms with Crippen LogP contribution in [0.1, 0.15) is 18.9 Å². The molecule has 0 atom stereocenters. The van der Waals surface area contributed by atoms with Crippen LogP contribution in [0.4, 0.5) is 0 Å². The van der Waals surface area contributed by atoms with E-state index in [-0.39, 0.29) is 16.9 Å². The maximum absolute atomic E-state index is 12.5. The minimum absolute atomic E-state index is 0.0258. The number of hydrogen-bond acceptors (Lipinski definition) is 3. The fourth-order valence-electron chi connectivity index (χ4n) is 2.97. The van der Waals surface area contributed by atoms with Gasteiger partial charge in [0.05, 0.1) is 18.2 Å². The van der Waals surface area contributed by atoms with Crippen LogP contribution >= 0.6 is 11.6 Å². The second-order valence-electron chi connectivity index (χ2n) is 5.65. The van der Waals surface area contributed by atoms with Crippen molar-refractivity contribution in [3.05, 3.63) is 57.3 Å². The number of aromatic amines is 1. The molecule has 0 fully saturated rings. The molecule has 4 nitrogen and oxygen atoms in total. The minimum atomic E-state index is -0.363. The van der Waals surface area contributed by atoms with Gasteiger partial charge in [-0.05, 0) is 41.8 Å². The van der Waals surface area contributed by atoms with Crippen molar-refractivity contribution in [2.24, 2.45) is 0 Å². The number of hydrogen-bond donors (Lipinski definition) is 2. The highest BCUT2D eigenvalue weighted by Crippen LogP contribution is 2.36. The molecular weight excluding hydrogens is 325 g/mol. The highest BCUT2D eigenvalue weighted by Gasteiger charge is 2.17. The molecule has 1 heterocycles. The largest absolute Gasteiger partial charge is 0.506 e. The first-order valence-corrected chi connectivity index (χ1v) is 8.14. The Balaban J connectivity index is 2.35. The molecule has 0 bridgehead atoms. The molecule has 1 aromatic heterocycles. The number of pyridine rings is 1. The molecule has 3 aromatic rings. The fraction of sp³-hybridized carbons (Fsp3) is 0.211. The summed E-state index contributed by atoms with van der Waals surface area (Å²) in [5, 5.41) is 12.0. The standard InChI is InChI=1S/C19H18ClNO3/c1-3-5-11-8-13(20)10-15-16(11)18(22)17(19(23)21-15)12-6-4-7-14(9-12)24-2/h4,6-10H,3,5H2,1-2H3,(H2,21,22,23)/i2-1. The van der Waals surface area contributed by atoms with Gasteiger partial charge in [-0.25, -0.2) is 0 Å². The number of fused-ring (bicyclic) bond motifs is 1. The zero-order chi connectivity index (χ0) is 17.3. The van der Waals surface area contributed by atoms with Crippen LogP contribution in [0.2, 0.25) is 5.02 Å². The van der Waals surface area contributed by atoms with Crippen molar-refractivity contribution in [3.63, 3.8) is 0 Å². The second kappa shape index (κ2) is 6.57. The smallest absolute Gasteiger partial charge is 0.260 e. The Morgan fingerprint density at radius 2 is 2.04 bits per heavy atom. The maximum atomic E-state index is 12.5. The van der Waals surface area contributed by atoms with E-state index in [1.165, 1.54) is 0 Å². The summed E-state index contributed by atoms with van der Waals surface area (Å²) in [4.78, 5) is 15.4. The van der Waals surface area contributed by atoms with Gasteiger partial charge in [-0.2, -0.15) is 0 Å².